The van der Waals surface area contributed by atoms with Crippen LogP contribution in [0.3, 0.4) is 0 Å². The molecule has 5 rings (SSSR count). The van der Waals surface area contributed by atoms with Crippen molar-refractivity contribution >= 4 is 23.0 Å². The number of pyridine rings is 2. The molecule has 2 aromatic heterocycles. The van der Waals surface area contributed by atoms with Crippen LogP contribution >= 0.6 is 0 Å². The summed E-state index contributed by atoms with van der Waals surface area (Å²) in [7, 11) is 0. The summed E-state index contributed by atoms with van der Waals surface area (Å²) < 4.78 is 0. The van der Waals surface area contributed by atoms with Gasteiger partial charge in [0.05, 0.1) is 29.0 Å². The average molecular weight is 465 g/mol. The molecule has 1 amide bonds. The fourth-order valence-corrected chi connectivity index (χ4v) is 4.45. The lowest BCUT2D eigenvalue weighted by Crippen LogP contribution is -2.43. The van der Waals surface area contributed by atoms with Crippen molar-refractivity contribution in [1.82, 2.24) is 9.97 Å². The number of carbonyl (C=O) groups excluding carboxylic acids is 1. The molecule has 1 aliphatic rings. The molecule has 7 heteroatoms. The van der Waals surface area contributed by atoms with E-state index in [1.807, 2.05) is 54.6 Å². The van der Waals surface area contributed by atoms with Crippen LogP contribution in [0.4, 0.5) is 17.1 Å². The van der Waals surface area contributed by atoms with Gasteiger partial charge in [0.25, 0.3) is 5.91 Å². The van der Waals surface area contributed by atoms with Crippen molar-refractivity contribution < 1.29 is 4.79 Å². The molecule has 0 radical (unpaired) electrons. The highest BCUT2D eigenvalue weighted by atomic mass is 16.1. The molecule has 2 aromatic carbocycles. The van der Waals surface area contributed by atoms with Gasteiger partial charge in [0.1, 0.15) is 0 Å². The molecule has 1 atom stereocenters. The zero-order chi connectivity index (χ0) is 24.2. The predicted octanol–water partition coefficient (Wildman–Crippen LogP) is 4.57. The highest BCUT2D eigenvalue weighted by molar-refractivity contribution is 6.08. The molecule has 5 N–H and O–H groups in total. The number of anilines is 3. The summed E-state index contributed by atoms with van der Waals surface area (Å²) in [5.41, 5.74) is 18.2. The van der Waals surface area contributed by atoms with Crippen LogP contribution in [-0.4, -0.2) is 35.0 Å². The number of carbonyl (C=O) groups is 1. The summed E-state index contributed by atoms with van der Waals surface area (Å²) in [6, 6.07) is 23.8. The molecule has 4 aromatic rings. The largest absolute Gasteiger partial charge is 0.397 e. The van der Waals surface area contributed by atoms with Gasteiger partial charge in [-0.3, -0.25) is 9.78 Å². The van der Waals surface area contributed by atoms with Gasteiger partial charge in [-0.15, -0.1) is 0 Å². The van der Waals surface area contributed by atoms with Gasteiger partial charge in [0, 0.05) is 30.9 Å². The second kappa shape index (κ2) is 9.95. The normalized spacial score (nSPS) is 15.6. The van der Waals surface area contributed by atoms with Gasteiger partial charge in [0.2, 0.25) is 0 Å². The first-order valence-electron chi connectivity index (χ1n) is 11.8. The van der Waals surface area contributed by atoms with Crippen LogP contribution in [0.15, 0.2) is 85.2 Å². The number of nitrogens with zero attached hydrogens (tertiary/aromatic N) is 3. The molecular weight excluding hydrogens is 436 g/mol. The van der Waals surface area contributed by atoms with E-state index in [9.17, 15) is 4.79 Å². The summed E-state index contributed by atoms with van der Waals surface area (Å²) in [6.45, 7) is 1.62. The molecule has 0 aliphatic carbocycles. The Morgan fingerprint density at radius 2 is 1.69 bits per heavy atom. The third-order valence-electron chi connectivity index (χ3n) is 6.27. The van der Waals surface area contributed by atoms with Gasteiger partial charge in [-0.05, 0) is 42.2 Å². The topological polar surface area (TPSA) is 110 Å². The Morgan fingerprint density at radius 1 is 0.943 bits per heavy atom. The van der Waals surface area contributed by atoms with Crippen LogP contribution < -0.4 is 21.7 Å². The molecule has 0 spiro atoms. The van der Waals surface area contributed by atoms with E-state index in [-0.39, 0.29) is 17.6 Å². The summed E-state index contributed by atoms with van der Waals surface area (Å²) in [6.07, 6.45) is 5.38. The number of nitrogens with one attached hydrogen (secondary N) is 1. The van der Waals surface area contributed by atoms with Crippen LogP contribution in [-0.2, 0) is 0 Å². The van der Waals surface area contributed by atoms with Gasteiger partial charge < -0.3 is 21.7 Å². The zero-order valence-electron chi connectivity index (χ0n) is 19.4. The Kier molecular flexibility index (Phi) is 6.41. The summed E-state index contributed by atoms with van der Waals surface area (Å²) in [5, 5.41) is 2.96. The molecule has 0 saturated carbocycles. The van der Waals surface area contributed by atoms with E-state index in [4.69, 9.17) is 11.5 Å². The lowest BCUT2D eigenvalue weighted by Gasteiger charge is -2.33. The van der Waals surface area contributed by atoms with Crippen molar-refractivity contribution in [3.8, 4) is 22.4 Å². The second-order valence-electron chi connectivity index (χ2n) is 8.77. The third-order valence-corrected chi connectivity index (χ3v) is 6.27. The molecule has 7 nitrogen and oxygen atoms in total. The summed E-state index contributed by atoms with van der Waals surface area (Å²) >= 11 is 0. The van der Waals surface area contributed by atoms with Gasteiger partial charge >= 0.3 is 0 Å². The smallest absolute Gasteiger partial charge is 0.276 e. The summed E-state index contributed by atoms with van der Waals surface area (Å²) in [5.74, 6) is -0.374. The molecule has 0 bridgehead atoms. The van der Waals surface area contributed by atoms with E-state index in [1.54, 1.807) is 18.5 Å². The zero-order valence-corrected chi connectivity index (χ0v) is 19.4. The van der Waals surface area contributed by atoms with Crippen molar-refractivity contribution in [2.75, 3.05) is 29.0 Å². The van der Waals surface area contributed by atoms with Gasteiger partial charge in [-0.2, -0.15) is 0 Å². The lowest BCUT2D eigenvalue weighted by atomic mass is 10.0. The number of benzene rings is 2. The highest BCUT2D eigenvalue weighted by Crippen LogP contribution is 2.29. The second-order valence-corrected chi connectivity index (χ2v) is 8.77. The van der Waals surface area contributed by atoms with E-state index in [0.29, 0.717) is 17.1 Å². The van der Waals surface area contributed by atoms with E-state index < -0.39 is 0 Å². The molecule has 1 fully saturated rings. The molecule has 1 saturated heterocycles. The first-order chi connectivity index (χ1) is 17.1. The molecule has 3 heterocycles. The SMILES string of the molecule is Nc1ccc(-c2ccc(-c3ccccc3)cc2)nc1C(=O)Nc1cnccc1N1CCCC(N)C1. The maximum atomic E-state index is 13.2. The fourth-order valence-electron chi connectivity index (χ4n) is 4.45. The first kappa shape index (κ1) is 22.6. The highest BCUT2D eigenvalue weighted by Gasteiger charge is 2.21. The standard InChI is InChI=1S/C28H28N6O/c29-22-7-4-16-34(18-22)26-14-15-31-17-25(26)33-28(35)27-23(30)12-13-24(32-27)21-10-8-20(9-11-21)19-5-2-1-3-6-19/h1-3,5-6,8-15,17,22H,4,7,16,18,29-30H2,(H,33,35). The third kappa shape index (κ3) is 5.00. The molecule has 1 unspecified atom stereocenters. The Morgan fingerprint density at radius 3 is 2.46 bits per heavy atom. The molecule has 1 aliphatic heterocycles. The quantitative estimate of drug-likeness (QED) is 0.399. The fraction of sp³-hybridized carbons (Fsp3) is 0.179. The number of aromatic nitrogens is 2. The average Bonchev–Trinajstić information content (AvgIpc) is 2.90. The number of rotatable bonds is 5. The Hall–Kier alpha value is -4.23. The first-order valence-corrected chi connectivity index (χ1v) is 11.8. The number of hydrogen-bond acceptors (Lipinski definition) is 6. The number of nitrogen functional groups attached to an aromatic ring is 1. The van der Waals surface area contributed by atoms with E-state index >= 15 is 0 Å². The Bertz CT molecular complexity index is 1320. The van der Waals surface area contributed by atoms with Gasteiger partial charge in [-0.1, -0.05) is 54.6 Å². The Balaban J connectivity index is 1.38. The van der Waals surface area contributed by atoms with Crippen molar-refractivity contribution in [2.45, 2.75) is 18.9 Å². The van der Waals surface area contributed by atoms with Crippen molar-refractivity contribution in [3.05, 3.63) is 90.9 Å². The molecule has 176 valence electrons. The van der Waals surface area contributed by atoms with Gasteiger partial charge in [0.15, 0.2) is 5.69 Å². The predicted molar refractivity (Wildman–Crippen MR) is 141 cm³/mol. The monoisotopic (exact) mass is 464 g/mol. The number of piperidine rings is 1. The van der Waals surface area contributed by atoms with E-state index in [0.717, 1.165) is 48.3 Å². The lowest BCUT2D eigenvalue weighted by molar-refractivity contribution is 0.102. The van der Waals surface area contributed by atoms with Crippen molar-refractivity contribution in [2.24, 2.45) is 5.73 Å². The van der Waals surface area contributed by atoms with Crippen LogP contribution in [0, 0.1) is 0 Å². The number of nitrogens with two attached hydrogens (primary N) is 2. The van der Waals surface area contributed by atoms with E-state index in [1.165, 1.54) is 0 Å². The van der Waals surface area contributed by atoms with Crippen molar-refractivity contribution in [1.29, 1.82) is 0 Å². The van der Waals surface area contributed by atoms with Crippen LogP contribution in [0.5, 0.6) is 0 Å². The minimum Gasteiger partial charge on any atom is -0.397 e. The minimum absolute atomic E-state index is 0.114. The number of amides is 1. The summed E-state index contributed by atoms with van der Waals surface area (Å²) in [4.78, 5) is 24.2. The minimum atomic E-state index is -0.374. The van der Waals surface area contributed by atoms with Crippen LogP contribution in [0.1, 0.15) is 23.3 Å². The maximum absolute atomic E-state index is 13.2. The van der Waals surface area contributed by atoms with Crippen LogP contribution in [0.2, 0.25) is 0 Å². The van der Waals surface area contributed by atoms with E-state index in [2.05, 4.69) is 32.3 Å². The van der Waals surface area contributed by atoms with Crippen LogP contribution in [0.25, 0.3) is 22.4 Å². The number of hydrogen-bond donors (Lipinski definition) is 3. The Labute approximate surface area is 204 Å². The molecule has 35 heavy (non-hydrogen) atoms. The maximum Gasteiger partial charge on any atom is 0.276 e. The molecular formula is C28H28N6O. The van der Waals surface area contributed by atoms with Crippen molar-refractivity contribution in [3.63, 3.8) is 0 Å². The van der Waals surface area contributed by atoms with Gasteiger partial charge in [-0.25, -0.2) is 4.98 Å².